The van der Waals surface area contributed by atoms with E-state index in [4.69, 9.17) is 5.73 Å². The van der Waals surface area contributed by atoms with Gasteiger partial charge >= 0.3 is 0 Å². The average molecular weight is 249 g/mol. The van der Waals surface area contributed by atoms with E-state index in [2.05, 4.69) is 34.0 Å². The molecule has 0 saturated carbocycles. The van der Waals surface area contributed by atoms with Crippen LogP contribution in [0.3, 0.4) is 0 Å². The van der Waals surface area contributed by atoms with Crippen LogP contribution < -0.4 is 11.1 Å². The summed E-state index contributed by atoms with van der Waals surface area (Å²) in [5, 5.41) is 3.40. The van der Waals surface area contributed by atoms with Gasteiger partial charge in [-0.2, -0.15) is 4.98 Å². The van der Waals surface area contributed by atoms with Crippen molar-refractivity contribution in [3.8, 4) is 0 Å². The summed E-state index contributed by atoms with van der Waals surface area (Å²) >= 11 is 0. The van der Waals surface area contributed by atoms with Gasteiger partial charge in [-0.05, 0) is 39.7 Å². The van der Waals surface area contributed by atoms with Crippen LogP contribution in [0.1, 0.15) is 25.8 Å². The second kappa shape index (κ2) is 5.52. The summed E-state index contributed by atoms with van der Waals surface area (Å²) in [7, 11) is 0. The van der Waals surface area contributed by atoms with E-state index < -0.39 is 0 Å². The molecule has 0 bridgehead atoms. The van der Waals surface area contributed by atoms with Gasteiger partial charge in [-0.1, -0.05) is 0 Å². The maximum Gasteiger partial charge on any atom is 0.221 e. The fourth-order valence-electron chi connectivity index (χ4n) is 2.37. The lowest BCUT2D eigenvalue weighted by atomic mass is 10.1. The molecule has 2 heterocycles. The molecule has 1 unspecified atom stereocenters. The monoisotopic (exact) mass is 249 g/mol. The van der Waals surface area contributed by atoms with Crippen LogP contribution in [0.25, 0.3) is 0 Å². The van der Waals surface area contributed by atoms with Crippen molar-refractivity contribution in [1.82, 2.24) is 14.9 Å². The highest BCUT2D eigenvalue weighted by Gasteiger charge is 2.23. The highest BCUT2D eigenvalue weighted by atomic mass is 15.2. The van der Waals surface area contributed by atoms with E-state index in [1.54, 1.807) is 6.20 Å². The Kier molecular flexibility index (Phi) is 4.01. The van der Waals surface area contributed by atoms with E-state index in [1.807, 2.05) is 6.92 Å². The van der Waals surface area contributed by atoms with E-state index in [1.165, 1.54) is 19.5 Å². The molecule has 1 aliphatic rings. The molecule has 1 aromatic rings. The Hall–Kier alpha value is -1.36. The Balaban J connectivity index is 1.87. The predicted molar refractivity (Wildman–Crippen MR) is 74.5 cm³/mol. The third-order valence-electron chi connectivity index (χ3n) is 3.60. The SMILES string of the molecule is Cc1cnc(N)nc1NCC1CCN(C(C)C)C1. The molecule has 5 heteroatoms. The highest BCUT2D eigenvalue weighted by Crippen LogP contribution is 2.19. The molecule has 1 aromatic heterocycles. The summed E-state index contributed by atoms with van der Waals surface area (Å²) in [6.07, 6.45) is 3.02. The zero-order valence-corrected chi connectivity index (χ0v) is 11.5. The van der Waals surface area contributed by atoms with E-state index in [9.17, 15) is 0 Å². The molecular formula is C13H23N5. The van der Waals surface area contributed by atoms with Crippen LogP contribution in [-0.2, 0) is 0 Å². The van der Waals surface area contributed by atoms with Crippen LogP contribution in [0, 0.1) is 12.8 Å². The number of aryl methyl sites for hydroxylation is 1. The van der Waals surface area contributed by atoms with Crippen LogP contribution in [0.2, 0.25) is 0 Å². The molecule has 1 aliphatic heterocycles. The van der Waals surface area contributed by atoms with Crippen LogP contribution in [0.4, 0.5) is 11.8 Å². The number of nitrogens with zero attached hydrogens (tertiary/aromatic N) is 3. The normalized spacial score (nSPS) is 20.6. The van der Waals surface area contributed by atoms with Crippen molar-refractivity contribution < 1.29 is 0 Å². The smallest absolute Gasteiger partial charge is 0.221 e. The zero-order valence-electron chi connectivity index (χ0n) is 11.5. The minimum atomic E-state index is 0.332. The lowest BCUT2D eigenvalue weighted by molar-refractivity contribution is 0.266. The number of nitrogen functional groups attached to an aromatic ring is 1. The topological polar surface area (TPSA) is 67.1 Å². The van der Waals surface area contributed by atoms with Gasteiger partial charge in [0.25, 0.3) is 0 Å². The first kappa shape index (κ1) is 13.1. The number of hydrogen-bond acceptors (Lipinski definition) is 5. The number of likely N-dealkylation sites (tertiary alicyclic amines) is 1. The number of rotatable bonds is 4. The number of anilines is 2. The van der Waals surface area contributed by atoms with Gasteiger partial charge in [-0.3, -0.25) is 0 Å². The Bertz CT molecular complexity index is 404. The first-order valence-corrected chi connectivity index (χ1v) is 6.63. The molecule has 5 nitrogen and oxygen atoms in total. The van der Waals surface area contributed by atoms with Gasteiger partial charge in [0.1, 0.15) is 5.82 Å². The highest BCUT2D eigenvalue weighted by molar-refractivity contribution is 5.45. The molecule has 18 heavy (non-hydrogen) atoms. The summed E-state index contributed by atoms with van der Waals surface area (Å²) in [6.45, 7) is 9.84. The second-order valence-electron chi connectivity index (χ2n) is 5.38. The average Bonchev–Trinajstić information content (AvgIpc) is 2.79. The van der Waals surface area contributed by atoms with Crippen LogP contribution in [-0.4, -0.2) is 40.5 Å². The van der Waals surface area contributed by atoms with E-state index in [0.29, 0.717) is 17.9 Å². The van der Waals surface area contributed by atoms with Gasteiger partial charge in [0.05, 0.1) is 0 Å². The zero-order chi connectivity index (χ0) is 13.1. The minimum absolute atomic E-state index is 0.332. The predicted octanol–water partition coefficient (Wildman–Crippen LogP) is 1.51. The molecule has 3 N–H and O–H groups in total. The van der Waals surface area contributed by atoms with Crippen LogP contribution >= 0.6 is 0 Å². The number of nitrogens with two attached hydrogens (primary N) is 1. The summed E-state index contributed by atoms with van der Waals surface area (Å²) < 4.78 is 0. The van der Waals surface area contributed by atoms with Gasteiger partial charge in [0.15, 0.2) is 0 Å². The fraction of sp³-hybridized carbons (Fsp3) is 0.692. The maximum atomic E-state index is 5.60. The molecule has 0 spiro atoms. The molecular weight excluding hydrogens is 226 g/mol. The number of hydrogen-bond donors (Lipinski definition) is 2. The maximum absolute atomic E-state index is 5.60. The lowest BCUT2D eigenvalue weighted by Gasteiger charge is -2.20. The minimum Gasteiger partial charge on any atom is -0.369 e. The van der Waals surface area contributed by atoms with E-state index in [-0.39, 0.29) is 0 Å². The third-order valence-corrected chi connectivity index (χ3v) is 3.60. The summed E-state index contributed by atoms with van der Waals surface area (Å²) in [4.78, 5) is 10.7. The summed E-state index contributed by atoms with van der Waals surface area (Å²) in [6, 6.07) is 0.645. The molecule has 1 atom stereocenters. The Morgan fingerprint density at radius 2 is 2.33 bits per heavy atom. The number of nitrogens with one attached hydrogen (secondary N) is 1. The van der Waals surface area contributed by atoms with Crippen molar-refractivity contribution in [3.05, 3.63) is 11.8 Å². The van der Waals surface area contributed by atoms with Gasteiger partial charge < -0.3 is 16.0 Å². The van der Waals surface area contributed by atoms with E-state index in [0.717, 1.165) is 17.9 Å². The Labute approximate surface area is 109 Å². The number of aromatic nitrogens is 2. The molecule has 0 aliphatic carbocycles. The van der Waals surface area contributed by atoms with Crippen molar-refractivity contribution in [3.63, 3.8) is 0 Å². The first-order chi connectivity index (χ1) is 8.56. The standard InChI is InChI=1S/C13H23N5/c1-9(2)18-5-4-11(8-18)7-15-12-10(3)6-16-13(14)17-12/h6,9,11H,4-5,7-8H2,1-3H3,(H3,14,15,16,17). The van der Waals surface area contributed by atoms with Gasteiger partial charge in [0, 0.05) is 30.9 Å². The van der Waals surface area contributed by atoms with Crippen LogP contribution in [0.15, 0.2) is 6.20 Å². The van der Waals surface area contributed by atoms with Gasteiger partial charge in [-0.25, -0.2) is 4.98 Å². The van der Waals surface area contributed by atoms with E-state index >= 15 is 0 Å². The fourth-order valence-corrected chi connectivity index (χ4v) is 2.37. The summed E-state index contributed by atoms with van der Waals surface area (Å²) in [5.41, 5.74) is 6.65. The first-order valence-electron chi connectivity index (χ1n) is 6.63. The third kappa shape index (κ3) is 3.10. The second-order valence-corrected chi connectivity index (χ2v) is 5.38. The molecule has 100 valence electrons. The molecule has 1 fully saturated rings. The van der Waals surface area contributed by atoms with Crippen molar-refractivity contribution in [1.29, 1.82) is 0 Å². The van der Waals surface area contributed by atoms with Gasteiger partial charge in [-0.15, -0.1) is 0 Å². The summed E-state index contributed by atoms with van der Waals surface area (Å²) in [5.74, 6) is 1.90. The van der Waals surface area contributed by atoms with Gasteiger partial charge in [0.2, 0.25) is 5.95 Å². The quantitative estimate of drug-likeness (QED) is 0.846. The Morgan fingerprint density at radius 1 is 1.56 bits per heavy atom. The van der Waals surface area contributed by atoms with Crippen molar-refractivity contribution >= 4 is 11.8 Å². The molecule has 2 rings (SSSR count). The molecule has 0 amide bonds. The van der Waals surface area contributed by atoms with Crippen molar-refractivity contribution in [2.24, 2.45) is 5.92 Å². The molecule has 0 aromatic carbocycles. The van der Waals surface area contributed by atoms with Crippen molar-refractivity contribution in [2.45, 2.75) is 33.2 Å². The lowest BCUT2D eigenvalue weighted by Crippen LogP contribution is -2.29. The van der Waals surface area contributed by atoms with Crippen LogP contribution in [0.5, 0.6) is 0 Å². The largest absolute Gasteiger partial charge is 0.369 e. The molecule has 0 radical (unpaired) electrons. The van der Waals surface area contributed by atoms with Crippen molar-refractivity contribution in [2.75, 3.05) is 30.7 Å². The molecule has 1 saturated heterocycles. The Morgan fingerprint density at radius 3 is 3.00 bits per heavy atom.